The fraction of sp³-hybridized carbons (Fsp3) is 0.455. The second-order valence-corrected chi connectivity index (χ2v) is 8.88. The lowest BCUT2D eigenvalue weighted by Crippen LogP contribution is -2.30. The van der Waals surface area contributed by atoms with Gasteiger partial charge in [0, 0.05) is 0 Å². The minimum absolute atomic E-state index is 0.0872. The van der Waals surface area contributed by atoms with E-state index in [-0.39, 0.29) is 17.1 Å². The lowest BCUT2D eigenvalue weighted by atomic mass is 9.94. The van der Waals surface area contributed by atoms with Crippen molar-refractivity contribution in [3.63, 3.8) is 0 Å². The van der Waals surface area contributed by atoms with Crippen molar-refractivity contribution >= 4 is 10.1 Å². The number of hydrogen-bond acceptors (Lipinski definition) is 4. The third-order valence-electron chi connectivity index (χ3n) is 5.41. The highest BCUT2D eigenvalue weighted by molar-refractivity contribution is 7.85. The monoisotopic (exact) mass is 404 g/mol. The Hall–Kier alpha value is -2.05. The first kappa shape index (κ1) is 20.7. The van der Waals surface area contributed by atoms with Gasteiger partial charge in [0.1, 0.15) is 11.5 Å². The largest absolute Gasteiger partial charge is 0.490 e. The number of hydrogen-bond donors (Lipinski definition) is 1. The highest BCUT2D eigenvalue weighted by atomic mass is 32.2. The van der Waals surface area contributed by atoms with Gasteiger partial charge in [0.25, 0.3) is 10.1 Å². The molecule has 1 saturated carbocycles. The third kappa shape index (κ3) is 5.49. The predicted octanol–water partition coefficient (Wildman–Crippen LogP) is 5.22. The van der Waals surface area contributed by atoms with Crippen molar-refractivity contribution in [1.82, 2.24) is 0 Å². The van der Waals surface area contributed by atoms with Gasteiger partial charge in [-0.1, -0.05) is 26.0 Å². The molecule has 0 saturated heterocycles. The Morgan fingerprint density at radius 2 is 1.32 bits per heavy atom. The molecule has 0 bridgehead atoms. The van der Waals surface area contributed by atoms with Gasteiger partial charge in [-0.25, -0.2) is 0 Å². The molecular formula is C22H28O5S. The summed E-state index contributed by atoms with van der Waals surface area (Å²) in [5.74, 6) is 2.09. The molecule has 28 heavy (non-hydrogen) atoms. The molecule has 3 rings (SSSR count). The van der Waals surface area contributed by atoms with Gasteiger partial charge < -0.3 is 9.47 Å². The molecule has 1 atom stereocenters. The summed E-state index contributed by atoms with van der Waals surface area (Å²) in [5.41, 5.74) is 1.34. The van der Waals surface area contributed by atoms with Crippen LogP contribution in [-0.2, 0) is 10.1 Å². The second kappa shape index (κ2) is 8.97. The van der Waals surface area contributed by atoms with E-state index in [1.165, 1.54) is 17.7 Å². The maximum absolute atomic E-state index is 11.1. The predicted molar refractivity (Wildman–Crippen MR) is 109 cm³/mol. The summed E-state index contributed by atoms with van der Waals surface area (Å²) in [5, 5.41) is 0. The topological polar surface area (TPSA) is 72.8 Å². The summed E-state index contributed by atoms with van der Waals surface area (Å²) >= 11 is 0. The van der Waals surface area contributed by atoms with E-state index in [0.717, 1.165) is 37.9 Å². The zero-order chi connectivity index (χ0) is 20.1. The zero-order valence-corrected chi connectivity index (χ0v) is 17.2. The molecule has 1 aliphatic rings. The number of ether oxygens (including phenoxy) is 2. The Labute approximate surface area is 167 Å². The summed E-state index contributed by atoms with van der Waals surface area (Å²) in [7, 11) is -4.17. The normalized spacial score (nSPS) is 21.1. The molecule has 1 unspecified atom stereocenters. The van der Waals surface area contributed by atoms with Gasteiger partial charge in [-0.2, -0.15) is 8.42 Å². The summed E-state index contributed by atoms with van der Waals surface area (Å²) in [6.45, 7) is 4.42. The molecule has 5 nitrogen and oxygen atoms in total. The Kier molecular flexibility index (Phi) is 6.62. The van der Waals surface area contributed by atoms with Gasteiger partial charge in [0.05, 0.1) is 17.1 Å². The molecule has 0 heterocycles. The zero-order valence-electron chi connectivity index (χ0n) is 16.4. The van der Waals surface area contributed by atoms with Crippen LogP contribution >= 0.6 is 0 Å². The van der Waals surface area contributed by atoms with Crippen molar-refractivity contribution in [2.24, 2.45) is 0 Å². The van der Waals surface area contributed by atoms with E-state index in [4.69, 9.17) is 14.0 Å². The molecule has 0 amide bonds. The fourth-order valence-corrected chi connectivity index (χ4v) is 3.93. The van der Waals surface area contributed by atoms with E-state index in [1.807, 2.05) is 0 Å². The van der Waals surface area contributed by atoms with Crippen LogP contribution in [0.1, 0.15) is 57.4 Å². The van der Waals surface area contributed by atoms with Crippen LogP contribution in [0.15, 0.2) is 53.4 Å². The van der Waals surface area contributed by atoms with Crippen molar-refractivity contribution < 1.29 is 22.4 Å². The molecule has 1 N–H and O–H groups in total. The first-order valence-corrected chi connectivity index (χ1v) is 11.3. The molecule has 6 heteroatoms. The third-order valence-corrected chi connectivity index (χ3v) is 6.28. The van der Waals surface area contributed by atoms with E-state index in [1.54, 1.807) is 12.1 Å². The summed E-state index contributed by atoms with van der Waals surface area (Å²) in [6, 6.07) is 14.3. The van der Waals surface area contributed by atoms with Gasteiger partial charge >= 0.3 is 0 Å². The first-order chi connectivity index (χ1) is 13.3. The van der Waals surface area contributed by atoms with E-state index in [0.29, 0.717) is 11.7 Å². The van der Waals surface area contributed by atoms with Crippen molar-refractivity contribution in [1.29, 1.82) is 0 Å². The second-order valence-electron chi connectivity index (χ2n) is 7.46. The van der Waals surface area contributed by atoms with Crippen LogP contribution in [0.2, 0.25) is 0 Å². The van der Waals surface area contributed by atoms with Gasteiger partial charge in [-0.05, 0) is 80.0 Å². The molecule has 1 aliphatic carbocycles. The standard InChI is InChI=1S/C22H28O5S/c1-3-16(2)17-4-6-18(7-5-17)26-19-8-10-20(11-9-19)27-21-12-14-22(15-13-21)28(23,24)25/h4-7,12-16,19-20H,3,8-11H2,1-2H3,(H,23,24,25). The van der Waals surface area contributed by atoms with Gasteiger partial charge in [0.15, 0.2) is 0 Å². The molecule has 1 fully saturated rings. The van der Waals surface area contributed by atoms with E-state index >= 15 is 0 Å². The smallest absolute Gasteiger partial charge is 0.294 e. The van der Waals surface area contributed by atoms with Crippen molar-refractivity contribution in [2.45, 2.75) is 69.0 Å². The van der Waals surface area contributed by atoms with Crippen LogP contribution in [0.5, 0.6) is 11.5 Å². The van der Waals surface area contributed by atoms with Gasteiger partial charge in [-0.15, -0.1) is 0 Å². The Balaban J connectivity index is 1.48. The average molecular weight is 405 g/mol. The quantitative estimate of drug-likeness (QED) is 0.641. The van der Waals surface area contributed by atoms with Crippen LogP contribution in [0, 0.1) is 0 Å². The van der Waals surface area contributed by atoms with Crippen LogP contribution in [-0.4, -0.2) is 25.2 Å². The van der Waals surface area contributed by atoms with E-state index in [9.17, 15) is 8.42 Å². The minimum Gasteiger partial charge on any atom is -0.490 e. The number of benzene rings is 2. The number of rotatable bonds is 7. The van der Waals surface area contributed by atoms with Crippen LogP contribution in [0.25, 0.3) is 0 Å². The lowest BCUT2D eigenvalue weighted by Gasteiger charge is -2.29. The Bertz CT molecular complexity index is 851. The summed E-state index contributed by atoms with van der Waals surface area (Å²) < 4.78 is 43.3. The van der Waals surface area contributed by atoms with Gasteiger partial charge in [-0.3, -0.25) is 4.55 Å². The lowest BCUT2D eigenvalue weighted by molar-refractivity contribution is 0.0806. The molecule has 0 spiro atoms. The van der Waals surface area contributed by atoms with Crippen LogP contribution < -0.4 is 9.47 Å². The highest BCUT2D eigenvalue weighted by Gasteiger charge is 2.24. The first-order valence-electron chi connectivity index (χ1n) is 9.86. The molecular weight excluding hydrogens is 376 g/mol. The van der Waals surface area contributed by atoms with Crippen molar-refractivity contribution in [3.8, 4) is 11.5 Å². The summed E-state index contributed by atoms with van der Waals surface area (Å²) in [4.78, 5) is -0.128. The SMILES string of the molecule is CCC(C)c1ccc(OC2CCC(Oc3ccc(S(=O)(=O)O)cc3)CC2)cc1. The Morgan fingerprint density at radius 1 is 0.893 bits per heavy atom. The highest BCUT2D eigenvalue weighted by Crippen LogP contribution is 2.28. The van der Waals surface area contributed by atoms with Crippen molar-refractivity contribution in [3.05, 3.63) is 54.1 Å². The van der Waals surface area contributed by atoms with Crippen molar-refractivity contribution in [2.75, 3.05) is 0 Å². The van der Waals surface area contributed by atoms with Gasteiger partial charge in [0.2, 0.25) is 0 Å². The van der Waals surface area contributed by atoms with Crippen LogP contribution in [0.3, 0.4) is 0 Å². The maximum Gasteiger partial charge on any atom is 0.294 e. The fourth-order valence-electron chi connectivity index (χ4n) is 3.45. The molecule has 152 valence electrons. The summed E-state index contributed by atoms with van der Waals surface area (Å²) in [6.07, 6.45) is 5.01. The maximum atomic E-state index is 11.1. The molecule has 2 aromatic carbocycles. The molecule has 0 aromatic heterocycles. The van der Waals surface area contributed by atoms with Crippen LogP contribution in [0.4, 0.5) is 0 Å². The Morgan fingerprint density at radius 3 is 1.71 bits per heavy atom. The average Bonchev–Trinajstić information content (AvgIpc) is 2.69. The molecule has 2 aromatic rings. The van der Waals surface area contributed by atoms with E-state index < -0.39 is 10.1 Å². The minimum atomic E-state index is -4.17. The van der Waals surface area contributed by atoms with E-state index in [2.05, 4.69) is 38.1 Å². The molecule has 0 radical (unpaired) electrons. The molecule has 0 aliphatic heterocycles.